The van der Waals surface area contributed by atoms with Gasteiger partial charge >= 0.3 is 0 Å². The molecule has 0 bridgehead atoms. The number of aliphatic imine (C=N–C) groups is 1. The SMILES string of the molecule is CCNC(=NCc1cccc(COCCOCC)c1)NCCc1ccc(OC)c(OC)c1. The van der Waals surface area contributed by atoms with Crippen LogP contribution in [0.3, 0.4) is 0 Å². The molecule has 0 aliphatic heterocycles. The zero-order valence-electron chi connectivity index (χ0n) is 19.8. The van der Waals surface area contributed by atoms with Gasteiger partial charge in [0.15, 0.2) is 17.5 Å². The van der Waals surface area contributed by atoms with E-state index < -0.39 is 0 Å². The van der Waals surface area contributed by atoms with Crippen molar-refractivity contribution >= 4 is 5.96 Å². The maximum atomic E-state index is 5.66. The largest absolute Gasteiger partial charge is 0.493 e. The molecule has 0 radical (unpaired) electrons. The average Bonchev–Trinajstić information content (AvgIpc) is 2.82. The molecule has 0 heterocycles. The number of hydrogen-bond donors (Lipinski definition) is 2. The Morgan fingerprint density at radius 2 is 1.62 bits per heavy atom. The Bertz CT molecular complexity index is 827. The highest BCUT2D eigenvalue weighted by Crippen LogP contribution is 2.27. The highest BCUT2D eigenvalue weighted by Gasteiger charge is 2.05. The summed E-state index contributed by atoms with van der Waals surface area (Å²) in [6.45, 7) is 8.72. The molecule has 0 atom stereocenters. The summed E-state index contributed by atoms with van der Waals surface area (Å²) in [6.07, 6.45) is 0.847. The summed E-state index contributed by atoms with van der Waals surface area (Å²) < 4.78 is 21.6. The lowest BCUT2D eigenvalue weighted by atomic mass is 10.1. The van der Waals surface area contributed by atoms with E-state index >= 15 is 0 Å². The van der Waals surface area contributed by atoms with Crippen LogP contribution in [0, 0.1) is 0 Å². The lowest BCUT2D eigenvalue weighted by Crippen LogP contribution is -2.38. The van der Waals surface area contributed by atoms with Crippen LogP contribution in [-0.2, 0) is 29.0 Å². The highest BCUT2D eigenvalue weighted by molar-refractivity contribution is 5.79. The normalized spacial score (nSPS) is 11.3. The number of nitrogens with one attached hydrogen (secondary N) is 2. The average molecular weight is 444 g/mol. The van der Waals surface area contributed by atoms with Crippen molar-refractivity contribution in [2.75, 3.05) is 47.1 Å². The number of methoxy groups -OCH3 is 2. The van der Waals surface area contributed by atoms with Crippen molar-refractivity contribution < 1.29 is 18.9 Å². The van der Waals surface area contributed by atoms with Gasteiger partial charge in [0.1, 0.15) is 0 Å². The van der Waals surface area contributed by atoms with Gasteiger partial charge in [0.25, 0.3) is 0 Å². The number of guanidine groups is 1. The zero-order chi connectivity index (χ0) is 23.0. The second kappa shape index (κ2) is 15.1. The van der Waals surface area contributed by atoms with Gasteiger partial charge in [0.2, 0.25) is 0 Å². The fourth-order valence-corrected chi connectivity index (χ4v) is 3.14. The molecule has 0 aromatic heterocycles. The third-order valence-electron chi connectivity index (χ3n) is 4.75. The Balaban J connectivity index is 1.86. The number of hydrogen-bond acceptors (Lipinski definition) is 5. The molecule has 2 aromatic rings. The minimum absolute atomic E-state index is 0.578. The van der Waals surface area contributed by atoms with E-state index in [0.29, 0.717) is 33.0 Å². The van der Waals surface area contributed by atoms with Gasteiger partial charge in [0, 0.05) is 19.7 Å². The molecule has 0 unspecified atom stereocenters. The van der Waals surface area contributed by atoms with E-state index in [1.54, 1.807) is 14.2 Å². The van der Waals surface area contributed by atoms with E-state index in [-0.39, 0.29) is 0 Å². The first kappa shape index (κ1) is 25.5. The summed E-state index contributed by atoms with van der Waals surface area (Å²) >= 11 is 0. The summed E-state index contributed by atoms with van der Waals surface area (Å²) in [5.41, 5.74) is 3.46. The van der Waals surface area contributed by atoms with Crippen molar-refractivity contribution in [3.63, 3.8) is 0 Å². The molecule has 2 rings (SSSR count). The molecule has 0 fully saturated rings. The number of ether oxygens (including phenoxy) is 4. The molecule has 0 aliphatic carbocycles. The van der Waals surface area contributed by atoms with E-state index in [0.717, 1.165) is 48.1 Å². The molecule has 0 aliphatic rings. The Morgan fingerprint density at radius 3 is 2.38 bits per heavy atom. The van der Waals surface area contributed by atoms with Crippen LogP contribution < -0.4 is 20.1 Å². The van der Waals surface area contributed by atoms with Gasteiger partial charge in [-0.1, -0.05) is 30.3 Å². The van der Waals surface area contributed by atoms with Crippen molar-refractivity contribution in [3.05, 3.63) is 59.2 Å². The Morgan fingerprint density at radius 1 is 0.844 bits per heavy atom. The maximum Gasteiger partial charge on any atom is 0.191 e. The van der Waals surface area contributed by atoms with Crippen LogP contribution in [0.15, 0.2) is 47.5 Å². The molecule has 7 heteroatoms. The van der Waals surface area contributed by atoms with Crippen LogP contribution in [0.25, 0.3) is 0 Å². The van der Waals surface area contributed by atoms with E-state index in [2.05, 4.69) is 41.8 Å². The zero-order valence-corrected chi connectivity index (χ0v) is 19.8. The number of benzene rings is 2. The highest BCUT2D eigenvalue weighted by atomic mass is 16.5. The number of rotatable bonds is 14. The third kappa shape index (κ3) is 9.16. The Hall–Kier alpha value is -2.77. The molecule has 32 heavy (non-hydrogen) atoms. The molecular formula is C25H37N3O4. The smallest absolute Gasteiger partial charge is 0.191 e. The van der Waals surface area contributed by atoms with Gasteiger partial charge in [0.05, 0.1) is 40.6 Å². The second-order valence-electron chi connectivity index (χ2n) is 7.13. The monoisotopic (exact) mass is 443 g/mol. The van der Waals surface area contributed by atoms with Crippen LogP contribution >= 0.6 is 0 Å². The fourth-order valence-electron chi connectivity index (χ4n) is 3.14. The van der Waals surface area contributed by atoms with E-state index in [1.165, 1.54) is 5.56 Å². The van der Waals surface area contributed by atoms with Gasteiger partial charge in [-0.05, 0) is 49.1 Å². The van der Waals surface area contributed by atoms with Gasteiger partial charge < -0.3 is 29.6 Å². The maximum absolute atomic E-state index is 5.66. The summed E-state index contributed by atoms with van der Waals surface area (Å²) in [6, 6.07) is 14.3. The first-order chi connectivity index (χ1) is 15.7. The summed E-state index contributed by atoms with van der Waals surface area (Å²) in [7, 11) is 3.29. The molecule has 0 amide bonds. The quantitative estimate of drug-likeness (QED) is 0.264. The van der Waals surface area contributed by atoms with Crippen molar-refractivity contribution in [2.45, 2.75) is 33.4 Å². The van der Waals surface area contributed by atoms with Gasteiger partial charge in [-0.25, -0.2) is 4.99 Å². The topological polar surface area (TPSA) is 73.3 Å². The van der Waals surface area contributed by atoms with Crippen molar-refractivity contribution in [2.24, 2.45) is 4.99 Å². The molecule has 0 saturated heterocycles. The first-order valence-electron chi connectivity index (χ1n) is 11.2. The predicted molar refractivity (Wildman–Crippen MR) is 129 cm³/mol. The molecular weight excluding hydrogens is 406 g/mol. The van der Waals surface area contributed by atoms with E-state index in [4.69, 9.17) is 23.9 Å². The van der Waals surface area contributed by atoms with Gasteiger partial charge in [-0.2, -0.15) is 0 Å². The second-order valence-corrected chi connectivity index (χ2v) is 7.13. The fraction of sp³-hybridized carbons (Fsp3) is 0.480. The van der Waals surface area contributed by atoms with Crippen LogP contribution in [-0.4, -0.2) is 53.1 Å². The Kier molecular flexibility index (Phi) is 12.0. The van der Waals surface area contributed by atoms with Crippen molar-refractivity contribution in [1.29, 1.82) is 0 Å². The van der Waals surface area contributed by atoms with E-state index in [1.807, 2.05) is 25.1 Å². The molecule has 0 spiro atoms. The lowest BCUT2D eigenvalue weighted by Gasteiger charge is -2.13. The summed E-state index contributed by atoms with van der Waals surface area (Å²) in [5.74, 6) is 2.28. The van der Waals surface area contributed by atoms with Crippen molar-refractivity contribution in [3.8, 4) is 11.5 Å². The van der Waals surface area contributed by atoms with Crippen LogP contribution in [0.5, 0.6) is 11.5 Å². The van der Waals surface area contributed by atoms with Gasteiger partial charge in [-0.3, -0.25) is 0 Å². The van der Waals surface area contributed by atoms with Crippen molar-refractivity contribution in [1.82, 2.24) is 10.6 Å². The summed E-state index contributed by atoms with van der Waals surface area (Å²) in [4.78, 5) is 4.73. The standard InChI is InChI=1S/C25H37N3O4/c1-5-26-25(27-13-12-20-10-11-23(29-3)24(17-20)30-4)28-18-21-8-7-9-22(16-21)19-32-15-14-31-6-2/h7-11,16-17H,5-6,12-15,18-19H2,1-4H3,(H2,26,27,28). The molecule has 0 saturated carbocycles. The molecule has 2 N–H and O–H groups in total. The minimum atomic E-state index is 0.578. The van der Waals surface area contributed by atoms with Gasteiger partial charge in [-0.15, -0.1) is 0 Å². The Labute approximate surface area is 192 Å². The van der Waals surface area contributed by atoms with Crippen LogP contribution in [0.2, 0.25) is 0 Å². The molecule has 176 valence electrons. The molecule has 2 aromatic carbocycles. The van der Waals surface area contributed by atoms with Crippen LogP contribution in [0.4, 0.5) is 0 Å². The lowest BCUT2D eigenvalue weighted by molar-refractivity contribution is 0.0453. The minimum Gasteiger partial charge on any atom is -0.493 e. The summed E-state index contributed by atoms with van der Waals surface area (Å²) in [5, 5.41) is 6.71. The third-order valence-corrected chi connectivity index (χ3v) is 4.75. The predicted octanol–water partition coefficient (Wildman–Crippen LogP) is 3.55. The van der Waals surface area contributed by atoms with E-state index in [9.17, 15) is 0 Å². The van der Waals surface area contributed by atoms with Crippen LogP contribution in [0.1, 0.15) is 30.5 Å². The number of nitrogens with zero attached hydrogens (tertiary/aromatic N) is 1. The molecule has 7 nitrogen and oxygen atoms in total. The first-order valence-corrected chi connectivity index (χ1v) is 11.2.